The zero-order valence-corrected chi connectivity index (χ0v) is 17.7. The van der Waals surface area contributed by atoms with Gasteiger partial charge in [-0.1, -0.05) is 40.7 Å². The first kappa shape index (κ1) is 21.9. The van der Waals surface area contributed by atoms with Crippen molar-refractivity contribution in [2.24, 2.45) is 0 Å². The summed E-state index contributed by atoms with van der Waals surface area (Å²) in [6.07, 6.45) is 6.27. The van der Waals surface area contributed by atoms with Crippen LogP contribution in [0.15, 0.2) is 36.4 Å². The lowest BCUT2D eigenvalue weighted by molar-refractivity contribution is -0.134. The zero-order valence-electron chi connectivity index (χ0n) is 16.9. The number of piperidine rings is 1. The Kier molecular flexibility index (Phi) is 7.17. The molecule has 0 aliphatic carbocycles. The van der Waals surface area contributed by atoms with Crippen molar-refractivity contribution < 1.29 is 24.5 Å². The first-order chi connectivity index (χ1) is 14.3. The van der Waals surface area contributed by atoms with Gasteiger partial charge >= 0.3 is 11.9 Å². The van der Waals surface area contributed by atoms with Crippen LogP contribution in [-0.4, -0.2) is 62.5 Å². The molecule has 0 spiro atoms. The Labute approximate surface area is 178 Å². The highest BCUT2D eigenvalue weighted by Gasteiger charge is 2.39. The van der Waals surface area contributed by atoms with E-state index in [-0.39, 0.29) is 0 Å². The standard InChI is InChI=1S/C17H21N3OS.C4H4O4/c1-11-5-3-4-6-15(11)16-18-19-17(22-16)21-14-9-12-7-8-13(10-14)20(12)2;5-3(6)1-2-4(7)8/h3-6,12-14H,7-10H2,1-2H3;1-2H,(H,5,6)(H,7,8)/b;2-1+. The Morgan fingerprint density at radius 3 is 2.27 bits per heavy atom. The number of hydrogen-bond acceptors (Lipinski definition) is 7. The molecule has 160 valence electrons. The molecule has 30 heavy (non-hydrogen) atoms. The van der Waals surface area contributed by atoms with Gasteiger partial charge in [0.2, 0.25) is 0 Å². The lowest BCUT2D eigenvalue weighted by Crippen LogP contribution is -2.43. The second kappa shape index (κ2) is 9.82. The maximum atomic E-state index is 9.55. The molecule has 1 aromatic carbocycles. The predicted octanol–water partition coefficient (Wildman–Crippen LogP) is 3.23. The lowest BCUT2D eigenvalue weighted by atomic mass is 10.0. The van der Waals surface area contributed by atoms with Gasteiger partial charge in [0.1, 0.15) is 6.10 Å². The first-order valence-corrected chi connectivity index (χ1v) is 10.6. The van der Waals surface area contributed by atoms with Gasteiger partial charge in [0, 0.05) is 29.8 Å². The van der Waals surface area contributed by atoms with Crippen LogP contribution in [0.5, 0.6) is 5.19 Å². The quantitative estimate of drug-likeness (QED) is 0.694. The van der Waals surface area contributed by atoms with E-state index in [2.05, 4.69) is 41.2 Å². The fraction of sp³-hybridized carbons (Fsp3) is 0.429. The van der Waals surface area contributed by atoms with Crippen LogP contribution < -0.4 is 4.74 Å². The van der Waals surface area contributed by atoms with E-state index in [0.717, 1.165) is 23.4 Å². The van der Waals surface area contributed by atoms with Crippen LogP contribution in [-0.2, 0) is 9.59 Å². The van der Waals surface area contributed by atoms with Crippen molar-refractivity contribution in [1.29, 1.82) is 0 Å². The number of aromatic nitrogens is 2. The molecule has 2 atom stereocenters. The minimum Gasteiger partial charge on any atom is -0.478 e. The largest absolute Gasteiger partial charge is 0.478 e. The van der Waals surface area contributed by atoms with Crippen molar-refractivity contribution in [2.45, 2.75) is 50.8 Å². The van der Waals surface area contributed by atoms with Crippen LogP contribution in [0.2, 0.25) is 0 Å². The fourth-order valence-corrected chi connectivity index (χ4v) is 4.77. The molecular formula is C21H25N3O5S. The predicted molar refractivity (Wildman–Crippen MR) is 113 cm³/mol. The minimum absolute atomic E-state index is 0.298. The summed E-state index contributed by atoms with van der Waals surface area (Å²) >= 11 is 1.56. The summed E-state index contributed by atoms with van der Waals surface area (Å²) in [5, 5.41) is 25.9. The molecule has 2 saturated heterocycles. The third kappa shape index (κ3) is 5.64. The summed E-state index contributed by atoms with van der Waals surface area (Å²) in [6.45, 7) is 2.10. The number of nitrogens with zero attached hydrogens (tertiary/aromatic N) is 3. The number of carbonyl (C=O) groups is 2. The van der Waals surface area contributed by atoms with E-state index < -0.39 is 11.9 Å². The van der Waals surface area contributed by atoms with E-state index in [1.165, 1.54) is 18.4 Å². The van der Waals surface area contributed by atoms with Gasteiger partial charge in [0.15, 0.2) is 5.01 Å². The third-order valence-electron chi connectivity index (χ3n) is 5.47. The van der Waals surface area contributed by atoms with Crippen LogP contribution in [0, 0.1) is 6.92 Å². The molecule has 9 heteroatoms. The van der Waals surface area contributed by atoms with Gasteiger partial charge < -0.3 is 19.8 Å². The molecule has 2 unspecified atom stereocenters. The average Bonchev–Trinajstić information content (AvgIpc) is 3.22. The number of aryl methyl sites for hydroxylation is 1. The molecule has 2 bridgehead atoms. The monoisotopic (exact) mass is 431 g/mol. The van der Waals surface area contributed by atoms with Gasteiger partial charge in [-0.25, -0.2) is 9.59 Å². The van der Waals surface area contributed by atoms with Crippen molar-refractivity contribution in [3.63, 3.8) is 0 Å². The van der Waals surface area contributed by atoms with Crippen molar-refractivity contribution >= 4 is 23.3 Å². The number of ether oxygens (including phenoxy) is 1. The van der Waals surface area contributed by atoms with Crippen LogP contribution in [0.4, 0.5) is 0 Å². The van der Waals surface area contributed by atoms with Crippen molar-refractivity contribution in [1.82, 2.24) is 15.1 Å². The van der Waals surface area contributed by atoms with E-state index in [1.807, 2.05) is 12.1 Å². The molecule has 2 fully saturated rings. The van der Waals surface area contributed by atoms with Gasteiger partial charge in [0.25, 0.3) is 5.19 Å². The third-order valence-corrected chi connectivity index (χ3v) is 6.32. The number of rotatable bonds is 5. The van der Waals surface area contributed by atoms with Crippen LogP contribution in [0.25, 0.3) is 10.6 Å². The summed E-state index contributed by atoms with van der Waals surface area (Å²) in [5.41, 5.74) is 2.38. The Hall–Kier alpha value is -2.78. The highest BCUT2D eigenvalue weighted by Crippen LogP contribution is 2.37. The number of hydrogen-bond donors (Lipinski definition) is 2. The maximum absolute atomic E-state index is 9.55. The highest BCUT2D eigenvalue weighted by molar-refractivity contribution is 7.16. The van der Waals surface area contributed by atoms with Crippen LogP contribution in [0.3, 0.4) is 0 Å². The molecule has 3 heterocycles. The second-order valence-corrected chi connectivity index (χ2v) is 8.40. The van der Waals surface area contributed by atoms with E-state index >= 15 is 0 Å². The van der Waals surface area contributed by atoms with E-state index in [4.69, 9.17) is 14.9 Å². The number of carboxylic acid groups (broad SMARTS) is 2. The number of aliphatic carboxylic acids is 2. The summed E-state index contributed by atoms with van der Waals surface area (Å²) < 4.78 is 6.14. The molecule has 2 aliphatic heterocycles. The average molecular weight is 432 g/mol. The minimum atomic E-state index is -1.26. The summed E-state index contributed by atoms with van der Waals surface area (Å²) in [4.78, 5) is 21.6. The molecule has 0 amide bonds. The number of carboxylic acids is 2. The van der Waals surface area contributed by atoms with E-state index in [0.29, 0.717) is 35.5 Å². The van der Waals surface area contributed by atoms with E-state index in [9.17, 15) is 9.59 Å². The van der Waals surface area contributed by atoms with Gasteiger partial charge in [-0.15, -0.1) is 5.10 Å². The molecule has 0 radical (unpaired) electrons. The zero-order chi connectivity index (χ0) is 21.7. The molecule has 2 N–H and O–H groups in total. The van der Waals surface area contributed by atoms with Crippen molar-refractivity contribution in [3.05, 3.63) is 42.0 Å². The number of benzene rings is 1. The Morgan fingerprint density at radius 2 is 1.70 bits per heavy atom. The molecule has 8 nitrogen and oxygen atoms in total. The van der Waals surface area contributed by atoms with Crippen molar-refractivity contribution in [2.75, 3.05) is 7.05 Å². The SMILES string of the molecule is Cc1ccccc1-c1nnc(OC2CC3CCC(C2)N3C)s1.O=C(O)/C=C/C(=O)O. The second-order valence-electron chi connectivity index (χ2n) is 7.46. The van der Waals surface area contributed by atoms with Crippen LogP contribution >= 0.6 is 11.3 Å². The molecule has 4 rings (SSSR count). The Balaban J connectivity index is 0.000000275. The summed E-state index contributed by atoms with van der Waals surface area (Å²) in [7, 11) is 2.25. The maximum Gasteiger partial charge on any atom is 0.328 e. The lowest BCUT2D eigenvalue weighted by Gasteiger charge is -2.35. The van der Waals surface area contributed by atoms with Gasteiger partial charge in [0.05, 0.1) is 0 Å². The summed E-state index contributed by atoms with van der Waals surface area (Å²) in [6, 6.07) is 9.66. The van der Waals surface area contributed by atoms with Gasteiger partial charge in [-0.2, -0.15) is 0 Å². The Bertz CT molecular complexity index is 899. The number of fused-ring (bicyclic) bond motifs is 2. The van der Waals surface area contributed by atoms with Crippen molar-refractivity contribution in [3.8, 4) is 15.8 Å². The van der Waals surface area contributed by atoms with Gasteiger partial charge in [-0.05, 0) is 45.2 Å². The fourth-order valence-electron chi connectivity index (χ4n) is 3.92. The molecule has 2 aliphatic rings. The van der Waals surface area contributed by atoms with Crippen LogP contribution in [0.1, 0.15) is 31.2 Å². The molecule has 1 aromatic heterocycles. The van der Waals surface area contributed by atoms with E-state index in [1.54, 1.807) is 11.3 Å². The summed E-state index contributed by atoms with van der Waals surface area (Å²) in [5.74, 6) is -2.51. The molecule has 2 aromatic rings. The van der Waals surface area contributed by atoms with Gasteiger partial charge in [-0.3, -0.25) is 0 Å². The normalized spacial score (nSPS) is 23.1. The Morgan fingerprint density at radius 1 is 1.10 bits per heavy atom. The highest BCUT2D eigenvalue weighted by atomic mass is 32.1. The molecule has 0 saturated carbocycles. The topological polar surface area (TPSA) is 113 Å². The molecular weight excluding hydrogens is 406 g/mol. The first-order valence-electron chi connectivity index (χ1n) is 9.75. The smallest absolute Gasteiger partial charge is 0.328 e.